The van der Waals surface area contributed by atoms with Gasteiger partial charge in [-0.2, -0.15) is 0 Å². The molecule has 5 nitrogen and oxygen atoms in total. The molecule has 154 valence electrons. The van der Waals surface area contributed by atoms with Crippen molar-refractivity contribution in [3.63, 3.8) is 0 Å². The number of anilines is 1. The molecule has 6 rings (SSSR count). The van der Waals surface area contributed by atoms with Crippen LogP contribution in [0.15, 0.2) is 12.1 Å². The van der Waals surface area contributed by atoms with Gasteiger partial charge in [0.25, 0.3) is 5.91 Å². The van der Waals surface area contributed by atoms with Gasteiger partial charge in [0.05, 0.1) is 10.2 Å². The van der Waals surface area contributed by atoms with Crippen molar-refractivity contribution in [2.24, 2.45) is 17.8 Å². The van der Waals surface area contributed by atoms with E-state index in [2.05, 4.69) is 14.8 Å². The summed E-state index contributed by atoms with van der Waals surface area (Å²) in [7, 11) is 0. The molecule has 1 aliphatic carbocycles. The summed E-state index contributed by atoms with van der Waals surface area (Å²) in [6.07, 6.45) is 8.30. The van der Waals surface area contributed by atoms with Crippen LogP contribution >= 0.6 is 11.3 Å². The average molecular weight is 411 g/mol. The Bertz CT molecular complexity index is 967. The zero-order valence-electron chi connectivity index (χ0n) is 17.1. The maximum absolute atomic E-state index is 13.4. The molecule has 2 aromatic rings. The number of fused-ring (bicyclic) bond motifs is 5. The maximum Gasteiger partial charge on any atom is 0.253 e. The Labute approximate surface area is 176 Å². The number of likely N-dealkylation sites (tertiary alicyclic amines) is 1. The molecule has 2 bridgehead atoms. The van der Waals surface area contributed by atoms with Crippen LogP contribution in [0.4, 0.5) is 5.13 Å². The molecule has 1 saturated carbocycles. The van der Waals surface area contributed by atoms with Crippen molar-refractivity contribution in [1.82, 2.24) is 14.8 Å². The quantitative estimate of drug-likeness (QED) is 0.815. The van der Waals surface area contributed by atoms with Crippen molar-refractivity contribution >= 4 is 32.6 Å². The summed E-state index contributed by atoms with van der Waals surface area (Å²) in [5, 5.41) is 0.572. The van der Waals surface area contributed by atoms with Gasteiger partial charge in [-0.1, -0.05) is 17.8 Å². The number of carbonyl (C=O) groups is 1. The normalized spacial score (nSPS) is 32.4. The second-order valence-corrected chi connectivity index (χ2v) is 10.9. The summed E-state index contributed by atoms with van der Waals surface area (Å²) in [4.78, 5) is 22.9. The third-order valence-electron chi connectivity index (χ3n) is 7.84. The van der Waals surface area contributed by atoms with Gasteiger partial charge in [0, 0.05) is 37.3 Å². The van der Waals surface area contributed by atoms with Gasteiger partial charge in [-0.15, -0.1) is 0 Å². The van der Waals surface area contributed by atoms with Gasteiger partial charge < -0.3 is 10.6 Å². The number of hydrogen-bond acceptors (Lipinski definition) is 5. The molecule has 1 aromatic carbocycles. The van der Waals surface area contributed by atoms with E-state index in [4.69, 9.17) is 5.73 Å². The predicted octanol–water partition coefficient (Wildman–Crippen LogP) is 3.91. The van der Waals surface area contributed by atoms with E-state index in [1.807, 2.05) is 19.1 Å². The molecular formula is C23H30N4OS. The number of benzene rings is 1. The number of hydrogen-bond donors (Lipinski definition) is 1. The fourth-order valence-electron chi connectivity index (χ4n) is 6.52. The van der Waals surface area contributed by atoms with Crippen LogP contribution in [0.25, 0.3) is 10.2 Å². The highest BCUT2D eigenvalue weighted by molar-refractivity contribution is 7.22. The van der Waals surface area contributed by atoms with Crippen molar-refractivity contribution in [2.45, 2.75) is 57.5 Å². The third kappa shape index (κ3) is 3.07. The standard InChI is InChI=1S/C23H30N4OS/c1-13-7-16(9-20-21(13)25-23(24)29-20)22(28)26-10-14-8-17(12-26)19-4-2-3-18(15-5-6-15)27(19)11-14/h7,9,14-15,17-19H,2-6,8,10-12H2,1H3,(H2,24,25)/t14-,17+,18+,19-/m0/s1. The molecule has 6 heteroatoms. The van der Waals surface area contributed by atoms with E-state index < -0.39 is 0 Å². The molecule has 2 N–H and O–H groups in total. The van der Waals surface area contributed by atoms with Crippen molar-refractivity contribution in [1.29, 1.82) is 0 Å². The zero-order valence-corrected chi connectivity index (χ0v) is 18.0. The minimum atomic E-state index is 0.194. The number of aryl methyl sites for hydroxylation is 1. The van der Waals surface area contributed by atoms with Crippen LogP contribution < -0.4 is 5.73 Å². The number of thiazole rings is 1. The first-order valence-electron chi connectivity index (χ1n) is 11.3. The molecule has 4 heterocycles. The van der Waals surface area contributed by atoms with Crippen LogP contribution in [-0.2, 0) is 0 Å². The molecule has 0 radical (unpaired) electrons. The van der Waals surface area contributed by atoms with E-state index in [0.29, 0.717) is 23.0 Å². The first-order valence-corrected chi connectivity index (χ1v) is 12.1. The fraction of sp³-hybridized carbons (Fsp3) is 0.652. The summed E-state index contributed by atoms with van der Waals surface area (Å²) >= 11 is 1.47. The lowest BCUT2D eigenvalue weighted by molar-refractivity contribution is -0.0551. The van der Waals surface area contributed by atoms with E-state index in [9.17, 15) is 4.79 Å². The predicted molar refractivity (Wildman–Crippen MR) is 117 cm³/mol. The number of nitrogens with two attached hydrogens (primary N) is 1. The fourth-order valence-corrected chi connectivity index (χ4v) is 7.37. The van der Waals surface area contributed by atoms with Crippen LogP contribution in [0.5, 0.6) is 0 Å². The second-order valence-electron chi connectivity index (χ2n) is 9.86. The number of rotatable bonds is 2. The van der Waals surface area contributed by atoms with Gasteiger partial charge in [0.15, 0.2) is 5.13 Å². The largest absolute Gasteiger partial charge is 0.375 e. The molecule has 3 aliphatic heterocycles. The van der Waals surface area contributed by atoms with Gasteiger partial charge in [-0.25, -0.2) is 4.98 Å². The second kappa shape index (κ2) is 6.67. The molecule has 29 heavy (non-hydrogen) atoms. The summed E-state index contributed by atoms with van der Waals surface area (Å²) in [5.74, 6) is 2.45. The SMILES string of the molecule is Cc1cc(C(=O)N2C[C@@H]3C[C@H](C2)[C@@H]2CCC[C@H](C4CC4)N2C3)cc2sc(N)nc12. The highest BCUT2D eigenvalue weighted by Crippen LogP contribution is 2.46. The first kappa shape index (κ1) is 18.1. The topological polar surface area (TPSA) is 62.5 Å². The number of carbonyl (C=O) groups excluding carboxylic acids is 1. The Hall–Kier alpha value is -1.66. The molecular weight excluding hydrogens is 380 g/mol. The number of nitrogens with zero attached hydrogens (tertiary/aromatic N) is 3. The Balaban J connectivity index is 1.25. The lowest BCUT2D eigenvalue weighted by atomic mass is 9.74. The molecule has 1 aromatic heterocycles. The molecule has 0 unspecified atom stereocenters. The van der Waals surface area contributed by atoms with Gasteiger partial charge in [-0.05, 0) is 74.5 Å². The van der Waals surface area contributed by atoms with Gasteiger partial charge >= 0.3 is 0 Å². The molecule has 4 atom stereocenters. The van der Waals surface area contributed by atoms with Crippen LogP contribution in [-0.4, -0.2) is 52.4 Å². The summed E-state index contributed by atoms with van der Waals surface area (Å²) in [6, 6.07) is 5.54. The van der Waals surface area contributed by atoms with Crippen molar-refractivity contribution in [3.8, 4) is 0 Å². The van der Waals surface area contributed by atoms with E-state index in [0.717, 1.165) is 46.4 Å². The maximum atomic E-state index is 13.4. The summed E-state index contributed by atoms with van der Waals surface area (Å²) in [5.41, 5.74) is 8.67. The smallest absolute Gasteiger partial charge is 0.253 e. The van der Waals surface area contributed by atoms with Crippen LogP contribution in [0.2, 0.25) is 0 Å². The third-order valence-corrected chi connectivity index (χ3v) is 8.67. The van der Waals surface area contributed by atoms with Gasteiger partial charge in [0.1, 0.15) is 0 Å². The monoisotopic (exact) mass is 410 g/mol. The highest BCUT2D eigenvalue weighted by atomic mass is 32.1. The summed E-state index contributed by atoms with van der Waals surface area (Å²) < 4.78 is 1.02. The Morgan fingerprint density at radius 3 is 2.69 bits per heavy atom. The number of amides is 1. The zero-order chi connectivity index (χ0) is 19.7. The number of piperidine rings is 3. The first-order chi connectivity index (χ1) is 14.1. The Kier molecular flexibility index (Phi) is 4.17. The lowest BCUT2D eigenvalue weighted by Gasteiger charge is -2.55. The molecule has 4 aliphatic rings. The van der Waals surface area contributed by atoms with Gasteiger partial charge in [-0.3, -0.25) is 9.69 Å². The average Bonchev–Trinajstić information content (AvgIpc) is 3.48. The molecule has 4 fully saturated rings. The minimum absolute atomic E-state index is 0.194. The van der Waals surface area contributed by atoms with E-state index in [-0.39, 0.29) is 5.91 Å². The van der Waals surface area contributed by atoms with E-state index in [1.54, 1.807) is 0 Å². The van der Waals surface area contributed by atoms with Gasteiger partial charge in [0.2, 0.25) is 0 Å². The molecule has 3 saturated heterocycles. The van der Waals surface area contributed by atoms with Crippen LogP contribution in [0.3, 0.4) is 0 Å². The number of nitrogen functional groups attached to an aromatic ring is 1. The highest BCUT2D eigenvalue weighted by Gasteiger charge is 2.48. The van der Waals surface area contributed by atoms with E-state index in [1.165, 1.54) is 56.4 Å². The van der Waals surface area contributed by atoms with E-state index >= 15 is 0 Å². The Morgan fingerprint density at radius 2 is 1.90 bits per heavy atom. The van der Waals surface area contributed by atoms with Crippen molar-refractivity contribution < 1.29 is 4.79 Å². The minimum Gasteiger partial charge on any atom is -0.375 e. The lowest BCUT2D eigenvalue weighted by Crippen LogP contribution is -2.62. The van der Waals surface area contributed by atoms with Crippen LogP contribution in [0.1, 0.15) is 54.4 Å². The summed E-state index contributed by atoms with van der Waals surface area (Å²) in [6.45, 7) is 5.07. The van der Waals surface area contributed by atoms with Crippen molar-refractivity contribution in [3.05, 3.63) is 23.3 Å². The van der Waals surface area contributed by atoms with Crippen LogP contribution in [0, 0.1) is 24.7 Å². The molecule has 1 amide bonds. The Morgan fingerprint density at radius 1 is 1.10 bits per heavy atom. The number of aromatic nitrogens is 1. The molecule has 0 spiro atoms. The van der Waals surface area contributed by atoms with Crippen molar-refractivity contribution in [2.75, 3.05) is 25.4 Å².